The molecule has 0 saturated heterocycles. The highest BCUT2D eigenvalue weighted by Crippen LogP contribution is 2.17. The number of carbonyl (C=O) groups excluding carboxylic acids is 1. The predicted molar refractivity (Wildman–Crippen MR) is 72.5 cm³/mol. The Labute approximate surface area is 113 Å². The van der Waals surface area contributed by atoms with E-state index in [1.165, 1.54) is 12.8 Å². The van der Waals surface area contributed by atoms with E-state index in [1.54, 1.807) is 10.9 Å². The zero-order valence-electron chi connectivity index (χ0n) is 11.5. The number of hydrogen-bond acceptors (Lipinski definition) is 4. The van der Waals surface area contributed by atoms with E-state index in [-0.39, 0.29) is 11.9 Å². The number of aromatic nitrogens is 3. The summed E-state index contributed by atoms with van der Waals surface area (Å²) in [5.41, 5.74) is 0. The maximum Gasteiger partial charge on any atom is 0.237 e. The third kappa shape index (κ3) is 4.63. The summed E-state index contributed by atoms with van der Waals surface area (Å²) in [5.74, 6) is 0.118. The highest BCUT2D eigenvalue weighted by Gasteiger charge is 2.19. The van der Waals surface area contributed by atoms with Crippen molar-refractivity contribution in [2.75, 3.05) is 6.54 Å². The summed E-state index contributed by atoms with van der Waals surface area (Å²) < 4.78 is 1.80. The maximum absolute atomic E-state index is 11.9. The predicted octanol–water partition coefficient (Wildman–Crippen LogP) is 0.705. The molecule has 6 heteroatoms. The van der Waals surface area contributed by atoms with Gasteiger partial charge in [-0.05, 0) is 32.7 Å². The number of rotatable bonds is 7. The van der Waals surface area contributed by atoms with Crippen LogP contribution in [0.4, 0.5) is 0 Å². The van der Waals surface area contributed by atoms with Crippen molar-refractivity contribution in [1.82, 2.24) is 25.6 Å². The van der Waals surface area contributed by atoms with E-state index in [1.807, 2.05) is 13.1 Å². The van der Waals surface area contributed by atoms with Crippen LogP contribution in [0.3, 0.4) is 0 Å². The van der Waals surface area contributed by atoms with E-state index in [4.69, 9.17) is 0 Å². The molecule has 1 amide bonds. The summed E-state index contributed by atoms with van der Waals surface area (Å²) in [4.78, 5) is 11.9. The fourth-order valence-electron chi connectivity index (χ4n) is 2.40. The van der Waals surface area contributed by atoms with E-state index in [2.05, 4.69) is 20.9 Å². The van der Waals surface area contributed by atoms with Crippen molar-refractivity contribution in [3.05, 3.63) is 12.4 Å². The fourth-order valence-corrected chi connectivity index (χ4v) is 2.40. The summed E-state index contributed by atoms with van der Waals surface area (Å²) in [6.07, 6.45) is 9.19. The Bertz CT molecular complexity index is 372. The van der Waals surface area contributed by atoms with Gasteiger partial charge in [-0.25, -0.2) is 0 Å². The largest absolute Gasteiger partial charge is 0.352 e. The second-order valence-corrected chi connectivity index (χ2v) is 5.19. The number of aryl methyl sites for hydroxylation is 1. The summed E-state index contributed by atoms with van der Waals surface area (Å²) in [5, 5.41) is 14.0. The molecule has 0 bridgehead atoms. The van der Waals surface area contributed by atoms with Crippen LogP contribution in [0.15, 0.2) is 12.4 Å². The SMILES string of the molecule is CC(NCCCn1ccnn1)C(=O)NC1CCCC1. The highest BCUT2D eigenvalue weighted by molar-refractivity contribution is 5.81. The van der Waals surface area contributed by atoms with Gasteiger partial charge in [-0.1, -0.05) is 18.1 Å². The Hall–Kier alpha value is -1.43. The van der Waals surface area contributed by atoms with Crippen LogP contribution in [0.1, 0.15) is 39.0 Å². The van der Waals surface area contributed by atoms with Gasteiger partial charge in [0.25, 0.3) is 0 Å². The molecule has 2 N–H and O–H groups in total. The molecule has 1 unspecified atom stereocenters. The highest BCUT2D eigenvalue weighted by atomic mass is 16.2. The molecule has 1 aliphatic rings. The molecule has 0 aromatic carbocycles. The minimum absolute atomic E-state index is 0.118. The molecule has 2 rings (SSSR count). The van der Waals surface area contributed by atoms with Gasteiger partial charge in [0.05, 0.1) is 12.2 Å². The van der Waals surface area contributed by atoms with Crippen LogP contribution in [0, 0.1) is 0 Å². The van der Waals surface area contributed by atoms with Crippen molar-refractivity contribution in [3.63, 3.8) is 0 Å². The molecule has 6 nitrogen and oxygen atoms in total. The quantitative estimate of drug-likeness (QED) is 0.712. The molecular weight excluding hydrogens is 242 g/mol. The Morgan fingerprint density at radius 3 is 2.95 bits per heavy atom. The Morgan fingerprint density at radius 2 is 2.26 bits per heavy atom. The van der Waals surface area contributed by atoms with Crippen LogP contribution >= 0.6 is 0 Å². The van der Waals surface area contributed by atoms with Gasteiger partial charge < -0.3 is 10.6 Å². The zero-order chi connectivity index (χ0) is 13.5. The third-order valence-corrected chi connectivity index (χ3v) is 3.58. The zero-order valence-corrected chi connectivity index (χ0v) is 11.5. The minimum atomic E-state index is -0.128. The van der Waals surface area contributed by atoms with Gasteiger partial charge in [-0.15, -0.1) is 5.10 Å². The molecule has 1 heterocycles. The number of hydrogen-bond donors (Lipinski definition) is 2. The molecule has 1 atom stereocenters. The van der Waals surface area contributed by atoms with Crippen LogP contribution in [0.2, 0.25) is 0 Å². The van der Waals surface area contributed by atoms with Crippen molar-refractivity contribution in [3.8, 4) is 0 Å². The molecule has 0 radical (unpaired) electrons. The fraction of sp³-hybridized carbons (Fsp3) is 0.769. The van der Waals surface area contributed by atoms with Gasteiger partial charge in [-0.3, -0.25) is 9.48 Å². The Morgan fingerprint density at radius 1 is 1.47 bits per heavy atom. The third-order valence-electron chi connectivity index (χ3n) is 3.58. The van der Waals surface area contributed by atoms with Crippen LogP contribution in [0.5, 0.6) is 0 Å². The Kier molecular flexibility index (Phi) is 5.32. The van der Waals surface area contributed by atoms with Crippen LogP contribution in [0.25, 0.3) is 0 Å². The number of amides is 1. The average Bonchev–Trinajstić information content (AvgIpc) is 3.07. The van der Waals surface area contributed by atoms with Crippen LogP contribution in [-0.4, -0.2) is 39.5 Å². The molecule has 1 aliphatic carbocycles. The lowest BCUT2D eigenvalue weighted by Gasteiger charge is -2.17. The normalized spacial score (nSPS) is 17.5. The van der Waals surface area contributed by atoms with Crippen molar-refractivity contribution in [2.45, 2.75) is 57.7 Å². The molecule has 19 heavy (non-hydrogen) atoms. The minimum Gasteiger partial charge on any atom is -0.352 e. The number of nitrogens with one attached hydrogen (secondary N) is 2. The van der Waals surface area contributed by atoms with E-state index in [0.717, 1.165) is 32.4 Å². The topological polar surface area (TPSA) is 71.8 Å². The first kappa shape index (κ1) is 14.0. The number of carbonyl (C=O) groups is 1. The van der Waals surface area contributed by atoms with Crippen molar-refractivity contribution in [1.29, 1.82) is 0 Å². The van der Waals surface area contributed by atoms with E-state index < -0.39 is 0 Å². The molecular formula is C13H23N5O. The smallest absolute Gasteiger partial charge is 0.237 e. The average molecular weight is 265 g/mol. The van der Waals surface area contributed by atoms with E-state index in [0.29, 0.717) is 6.04 Å². The lowest BCUT2D eigenvalue weighted by atomic mass is 10.2. The number of nitrogens with zero attached hydrogens (tertiary/aromatic N) is 3. The summed E-state index contributed by atoms with van der Waals surface area (Å²) >= 11 is 0. The molecule has 1 aromatic heterocycles. The van der Waals surface area contributed by atoms with Gasteiger partial charge in [0, 0.05) is 18.8 Å². The maximum atomic E-state index is 11.9. The van der Waals surface area contributed by atoms with Crippen molar-refractivity contribution >= 4 is 5.91 Å². The molecule has 1 aromatic rings. The summed E-state index contributed by atoms with van der Waals surface area (Å²) in [7, 11) is 0. The van der Waals surface area contributed by atoms with Crippen LogP contribution < -0.4 is 10.6 Å². The summed E-state index contributed by atoms with van der Waals surface area (Å²) in [6, 6.07) is 0.267. The lowest BCUT2D eigenvalue weighted by molar-refractivity contribution is -0.123. The second-order valence-electron chi connectivity index (χ2n) is 5.19. The van der Waals surface area contributed by atoms with Crippen molar-refractivity contribution < 1.29 is 4.79 Å². The van der Waals surface area contributed by atoms with Gasteiger partial charge >= 0.3 is 0 Å². The summed E-state index contributed by atoms with van der Waals surface area (Å²) in [6.45, 7) is 3.54. The van der Waals surface area contributed by atoms with E-state index >= 15 is 0 Å². The monoisotopic (exact) mass is 265 g/mol. The van der Waals surface area contributed by atoms with Gasteiger partial charge in [-0.2, -0.15) is 0 Å². The van der Waals surface area contributed by atoms with Gasteiger partial charge in [0.15, 0.2) is 0 Å². The first-order valence-electron chi connectivity index (χ1n) is 7.13. The van der Waals surface area contributed by atoms with Crippen LogP contribution in [-0.2, 0) is 11.3 Å². The van der Waals surface area contributed by atoms with Crippen molar-refractivity contribution in [2.24, 2.45) is 0 Å². The first-order valence-corrected chi connectivity index (χ1v) is 7.13. The molecule has 0 aliphatic heterocycles. The Balaban J connectivity index is 1.57. The van der Waals surface area contributed by atoms with E-state index in [9.17, 15) is 4.79 Å². The standard InChI is InChI=1S/C13H23N5O/c1-11(13(19)16-12-5-2-3-6-12)14-7-4-9-18-10-8-15-17-18/h8,10-12,14H,2-7,9H2,1H3,(H,16,19). The van der Waals surface area contributed by atoms with Gasteiger partial charge in [0.1, 0.15) is 0 Å². The molecule has 1 fully saturated rings. The molecule has 106 valence electrons. The molecule has 0 spiro atoms. The molecule has 1 saturated carbocycles. The first-order chi connectivity index (χ1) is 9.25. The van der Waals surface area contributed by atoms with Gasteiger partial charge in [0.2, 0.25) is 5.91 Å². The second kappa shape index (κ2) is 7.23. The lowest BCUT2D eigenvalue weighted by Crippen LogP contribution is -2.45.